The van der Waals surface area contributed by atoms with Crippen molar-refractivity contribution in [2.24, 2.45) is 5.92 Å². The van der Waals surface area contributed by atoms with E-state index in [-0.39, 0.29) is 24.5 Å². The number of carbonyl (C=O) groups is 1. The van der Waals surface area contributed by atoms with Crippen molar-refractivity contribution in [1.82, 2.24) is 5.32 Å². The summed E-state index contributed by atoms with van der Waals surface area (Å²) < 4.78 is 0. The van der Waals surface area contributed by atoms with E-state index in [4.69, 9.17) is 5.11 Å². The third kappa shape index (κ3) is 4.20. The zero-order chi connectivity index (χ0) is 14.4. The van der Waals surface area contributed by atoms with Gasteiger partial charge in [-0.1, -0.05) is 43.3 Å². The number of aryl methyl sites for hydroxylation is 2. The van der Waals surface area contributed by atoms with Gasteiger partial charge in [0.25, 0.3) is 0 Å². The summed E-state index contributed by atoms with van der Waals surface area (Å²) in [6, 6.07) is 8.53. The Bertz CT molecular complexity index is 464. The van der Waals surface area contributed by atoms with Crippen LogP contribution in [-0.2, 0) is 17.6 Å². The Balaban J connectivity index is 1.73. The average molecular weight is 273 g/mol. The minimum absolute atomic E-state index is 0.0813. The van der Waals surface area contributed by atoms with E-state index in [1.807, 2.05) is 12.2 Å². The number of hydrogen-bond acceptors (Lipinski definition) is 2. The maximum Gasteiger partial charge on any atom is 0.220 e. The molecular weight excluding hydrogens is 250 g/mol. The van der Waals surface area contributed by atoms with Crippen molar-refractivity contribution in [3.8, 4) is 0 Å². The van der Waals surface area contributed by atoms with Gasteiger partial charge in [0.15, 0.2) is 0 Å². The highest BCUT2D eigenvalue weighted by Crippen LogP contribution is 2.17. The predicted octanol–water partition coefficient (Wildman–Crippen LogP) is 2.23. The molecule has 0 saturated heterocycles. The lowest BCUT2D eigenvalue weighted by Crippen LogP contribution is -2.33. The smallest absolute Gasteiger partial charge is 0.220 e. The number of hydrogen-bond donors (Lipinski definition) is 2. The second kappa shape index (κ2) is 7.25. The fourth-order valence-corrected chi connectivity index (χ4v) is 2.50. The van der Waals surface area contributed by atoms with Gasteiger partial charge in [-0.05, 0) is 30.4 Å². The lowest BCUT2D eigenvalue weighted by atomic mass is 10.1. The van der Waals surface area contributed by atoms with Crippen molar-refractivity contribution in [2.45, 2.75) is 38.6 Å². The van der Waals surface area contributed by atoms with E-state index < -0.39 is 0 Å². The molecule has 20 heavy (non-hydrogen) atoms. The van der Waals surface area contributed by atoms with Gasteiger partial charge in [0.1, 0.15) is 0 Å². The first-order valence-corrected chi connectivity index (χ1v) is 7.37. The quantitative estimate of drug-likeness (QED) is 0.781. The standard InChI is InChI=1S/C17H23NO2/c1-2-13-3-5-14(6-4-13)8-10-17(20)18-16-9-7-15(11-16)12-19/h3-7,9,15-16,19H,2,8,10-12H2,1H3,(H,18,20)/t15-,16+/m0/s1. The van der Waals surface area contributed by atoms with Crippen molar-refractivity contribution in [1.29, 1.82) is 0 Å². The maximum absolute atomic E-state index is 11.9. The molecule has 0 fully saturated rings. The van der Waals surface area contributed by atoms with E-state index in [1.165, 1.54) is 11.1 Å². The Morgan fingerprint density at radius 2 is 1.95 bits per heavy atom. The van der Waals surface area contributed by atoms with Gasteiger partial charge in [0.05, 0.1) is 0 Å². The van der Waals surface area contributed by atoms with Crippen molar-refractivity contribution < 1.29 is 9.90 Å². The van der Waals surface area contributed by atoms with Crippen LogP contribution in [-0.4, -0.2) is 23.7 Å². The predicted molar refractivity (Wildman–Crippen MR) is 80.4 cm³/mol. The lowest BCUT2D eigenvalue weighted by Gasteiger charge is -2.12. The van der Waals surface area contributed by atoms with E-state index in [9.17, 15) is 4.79 Å². The molecule has 0 heterocycles. The number of nitrogens with one attached hydrogen (secondary N) is 1. The summed E-state index contributed by atoms with van der Waals surface area (Å²) >= 11 is 0. The molecule has 108 valence electrons. The normalized spacial score (nSPS) is 21.1. The molecular formula is C17H23NO2. The number of carbonyl (C=O) groups excluding carboxylic acids is 1. The fourth-order valence-electron chi connectivity index (χ4n) is 2.50. The second-order valence-corrected chi connectivity index (χ2v) is 5.41. The molecule has 0 radical (unpaired) electrons. The van der Waals surface area contributed by atoms with Gasteiger partial charge >= 0.3 is 0 Å². The zero-order valence-electron chi connectivity index (χ0n) is 12.0. The van der Waals surface area contributed by atoms with Gasteiger partial charge in [0.2, 0.25) is 5.91 Å². The first-order chi connectivity index (χ1) is 9.71. The van der Waals surface area contributed by atoms with Crippen molar-refractivity contribution >= 4 is 5.91 Å². The van der Waals surface area contributed by atoms with Crippen molar-refractivity contribution in [2.75, 3.05) is 6.61 Å². The molecule has 2 rings (SSSR count). The molecule has 0 unspecified atom stereocenters. The van der Waals surface area contributed by atoms with Gasteiger partial charge in [0, 0.05) is 25.0 Å². The molecule has 2 atom stereocenters. The molecule has 0 spiro atoms. The van der Waals surface area contributed by atoms with Crippen LogP contribution in [0.15, 0.2) is 36.4 Å². The van der Waals surface area contributed by atoms with Gasteiger partial charge in [-0.25, -0.2) is 0 Å². The Labute approximate surface area is 120 Å². The summed E-state index contributed by atoms with van der Waals surface area (Å²) in [5.74, 6) is 0.277. The summed E-state index contributed by atoms with van der Waals surface area (Å²) in [6.45, 7) is 2.30. The number of rotatable bonds is 6. The van der Waals surface area contributed by atoms with Crippen LogP contribution in [0.2, 0.25) is 0 Å². The van der Waals surface area contributed by atoms with Crippen LogP contribution in [0.25, 0.3) is 0 Å². The van der Waals surface area contributed by atoms with Gasteiger partial charge in [-0.15, -0.1) is 0 Å². The summed E-state index contributed by atoms with van der Waals surface area (Å²) in [4.78, 5) is 11.9. The SMILES string of the molecule is CCc1ccc(CCC(=O)N[C@@H]2C=C[C@H](CO)C2)cc1. The first-order valence-electron chi connectivity index (χ1n) is 7.37. The van der Waals surface area contributed by atoms with E-state index in [2.05, 4.69) is 36.5 Å². The number of aliphatic hydroxyl groups is 1. The van der Waals surface area contributed by atoms with E-state index in [0.29, 0.717) is 6.42 Å². The van der Waals surface area contributed by atoms with E-state index in [0.717, 1.165) is 19.3 Å². The Morgan fingerprint density at radius 1 is 1.25 bits per heavy atom. The number of amides is 1. The van der Waals surface area contributed by atoms with Crippen LogP contribution in [0.1, 0.15) is 30.9 Å². The number of aliphatic hydroxyl groups excluding tert-OH is 1. The van der Waals surface area contributed by atoms with Crippen LogP contribution in [0, 0.1) is 5.92 Å². The van der Waals surface area contributed by atoms with Gasteiger partial charge in [-0.2, -0.15) is 0 Å². The third-order valence-electron chi connectivity index (χ3n) is 3.83. The monoisotopic (exact) mass is 273 g/mol. The molecule has 1 aromatic rings. The summed E-state index contributed by atoms with van der Waals surface area (Å²) in [5.41, 5.74) is 2.52. The highest BCUT2D eigenvalue weighted by atomic mass is 16.3. The lowest BCUT2D eigenvalue weighted by molar-refractivity contribution is -0.121. The Kier molecular flexibility index (Phi) is 5.36. The molecule has 0 saturated carbocycles. The topological polar surface area (TPSA) is 49.3 Å². The molecule has 1 aliphatic rings. The zero-order valence-corrected chi connectivity index (χ0v) is 12.0. The molecule has 3 heteroatoms. The van der Waals surface area contributed by atoms with E-state index in [1.54, 1.807) is 0 Å². The summed E-state index contributed by atoms with van der Waals surface area (Å²) in [7, 11) is 0. The minimum Gasteiger partial charge on any atom is -0.396 e. The Hall–Kier alpha value is -1.61. The van der Waals surface area contributed by atoms with E-state index >= 15 is 0 Å². The highest BCUT2D eigenvalue weighted by molar-refractivity contribution is 5.76. The van der Waals surface area contributed by atoms with Crippen molar-refractivity contribution in [3.63, 3.8) is 0 Å². The molecule has 0 bridgehead atoms. The molecule has 1 aromatic carbocycles. The molecule has 0 aromatic heterocycles. The first kappa shape index (κ1) is 14.8. The average Bonchev–Trinajstić information content (AvgIpc) is 2.93. The molecule has 1 aliphatic carbocycles. The van der Waals surface area contributed by atoms with Gasteiger partial charge in [-0.3, -0.25) is 4.79 Å². The van der Waals surface area contributed by atoms with Crippen LogP contribution in [0.4, 0.5) is 0 Å². The van der Waals surface area contributed by atoms with Crippen LogP contribution in [0.5, 0.6) is 0 Å². The van der Waals surface area contributed by atoms with Gasteiger partial charge < -0.3 is 10.4 Å². The molecule has 1 amide bonds. The van der Waals surface area contributed by atoms with Crippen LogP contribution >= 0.6 is 0 Å². The van der Waals surface area contributed by atoms with Crippen molar-refractivity contribution in [3.05, 3.63) is 47.5 Å². The summed E-state index contributed by atoms with van der Waals surface area (Å²) in [5, 5.41) is 12.0. The van der Waals surface area contributed by atoms with Crippen LogP contribution in [0.3, 0.4) is 0 Å². The molecule has 0 aliphatic heterocycles. The fraction of sp³-hybridized carbons (Fsp3) is 0.471. The summed E-state index contributed by atoms with van der Waals surface area (Å²) in [6.07, 6.45) is 7.10. The number of benzene rings is 1. The maximum atomic E-state index is 11.9. The van der Waals surface area contributed by atoms with Crippen LogP contribution < -0.4 is 5.32 Å². The molecule has 2 N–H and O–H groups in total. The minimum atomic E-state index is 0.0813. The molecule has 3 nitrogen and oxygen atoms in total. The second-order valence-electron chi connectivity index (χ2n) is 5.41. The highest BCUT2D eigenvalue weighted by Gasteiger charge is 2.19. The third-order valence-corrected chi connectivity index (χ3v) is 3.83. The Morgan fingerprint density at radius 3 is 2.55 bits per heavy atom. The largest absolute Gasteiger partial charge is 0.396 e.